The van der Waals surface area contributed by atoms with Gasteiger partial charge in [-0.2, -0.15) is 0 Å². The fourth-order valence-electron chi connectivity index (χ4n) is 1.37. The number of anilines is 1. The van der Waals surface area contributed by atoms with Gasteiger partial charge in [-0.1, -0.05) is 17.7 Å². The Balaban J connectivity index is 2.02. The van der Waals surface area contributed by atoms with Gasteiger partial charge in [0.1, 0.15) is 5.82 Å². The standard InChI is InChI=1S/C12H12ClN3/c1-9-10(3-2-6-14-9)7-15-12-5-4-11(13)8-16-12/h2-6,8H,7H2,1H3,(H,15,16). The lowest BCUT2D eigenvalue weighted by atomic mass is 10.2. The quantitative estimate of drug-likeness (QED) is 0.886. The van der Waals surface area contributed by atoms with Crippen LogP contribution >= 0.6 is 11.6 Å². The molecule has 2 aromatic heterocycles. The van der Waals surface area contributed by atoms with Gasteiger partial charge < -0.3 is 5.32 Å². The highest BCUT2D eigenvalue weighted by atomic mass is 35.5. The first-order chi connectivity index (χ1) is 7.75. The molecule has 2 heterocycles. The first-order valence-corrected chi connectivity index (χ1v) is 5.39. The molecule has 0 spiro atoms. The van der Waals surface area contributed by atoms with Crippen LogP contribution in [0.25, 0.3) is 0 Å². The summed E-state index contributed by atoms with van der Waals surface area (Å²) in [7, 11) is 0. The van der Waals surface area contributed by atoms with E-state index in [0.717, 1.165) is 11.5 Å². The van der Waals surface area contributed by atoms with E-state index in [-0.39, 0.29) is 0 Å². The van der Waals surface area contributed by atoms with E-state index < -0.39 is 0 Å². The normalized spacial score (nSPS) is 10.1. The van der Waals surface area contributed by atoms with Crippen molar-refractivity contribution < 1.29 is 0 Å². The second-order valence-corrected chi connectivity index (χ2v) is 3.90. The lowest BCUT2D eigenvalue weighted by Gasteiger charge is -2.07. The number of pyridine rings is 2. The molecule has 0 bridgehead atoms. The van der Waals surface area contributed by atoms with E-state index in [1.165, 1.54) is 5.56 Å². The molecule has 82 valence electrons. The van der Waals surface area contributed by atoms with Gasteiger partial charge in [-0.05, 0) is 30.7 Å². The third-order valence-corrected chi connectivity index (χ3v) is 2.53. The fourth-order valence-corrected chi connectivity index (χ4v) is 1.48. The van der Waals surface area contributed by atoms with Gasteiger partial charge in [0, 0.05) is 24.6 Å². The van der Waals surface area contributed by atoms with Crippen LogP contribution in [0.15, 0.2) is 36.7 Å². The van der Waals surface area contributed by atoms with Crippen molar-refractivity contribution >= 4 is 17.4 Å². The Labute approximate surface area is 99.5 Å². The summed E-state index contributed by atoms with van der Waals surface area (Å²) < 4.78 is 0. The van der Waals surface area contributed by atoms with Crippen LogP contribution < -0.4 is 5.32 Å². The minimum atomic E-state index is 0.642. The van der Waals surface area contributed by atoms with Crippen molar-refractivity contribution in [2.45, 2.75) is 13.5 Å². The molecule has 2 rings (SSSR count). The highest BCUT2D eigenvalue weighted by Gasteiger charge is 1.98. The monoisotopic (exact) mass is 233 g/mol. The lowest BCUT2D eigenvalue weighted by Crippen LogP contribution is -2.03. The van der Waals surface area contributed by atoms with Crippen LogP contribution in [0.2, 0.25) is 5.02 Å². The molecule has 2 aromatic rings. The van der Waals surface area contributed by atoms with Crippen molar-refractivity contribution in [3.8, 4) is 0 Å². The Hall–Kier alpha value is -1.61. The molecule has 0 saturated heterocycles. The Morgan fingerprint density at radius 1 is 1.25 bits per heavy atom. The maximum absolute atomic E-state index is 5.75. The smallest absolute Gasteiger partial charge is 0.126 e. The van der Waals surface area contributed by atoms with E-state index in [4.69, 9.17) is 11.6 Å². The third-order valence-electron chi connectivity index (χ3n) is 2.30. The van der Waals surface area contributed by atoms with Gasteiger partial charge in [-0.25, -0.2) is 4.98 Å². The number of hydrogen-bond donors (Lipinski definition) is 1. The number of halogens is 1. The molecule has 0 aliphatic carbocycles. The summed E-state index contributed by atoms with van der Waals surface area (Å²) in [4.78, 5) is 8.38. The minimum absolute atomic E-state index is 0.642. The molecule has 0 aliphatic rings. The van der Waals surface area contributed by atoms with Gasteiger partial charge in [0.25, 0.3) is 0 Å². The van der Waals surface area contributed by atoms with Crippen LogP contribution in [0.1, 0.15) is 11.3 Å². The molecular formula is C12H12ClN3. The summed E-state index contributed by atoms with van der Waals surface area (Å²) in [5, 5.41) is 3.86. The molecular weight excluding hydrogens is 222 g/mol. The predicted molar refractivity (Wildman–Crippen MR) is 65.5 cm³/mol. The van der Waals surface area contributed by atoms with Crippen molar-refractivity contribution in [1.29, 1.82) is 0 Å². The fraction of sp³-hybridized carbons (Fsp3) is 0.167. The number of aryl methyl sites for hydroxylation is 1. The predicted octanol–water partition coefficient (Wildman–Crippen LogP) is 3.05. The average molecular weight is 234 g/mol. The van der Waals surface area contributed by atoms with Gasteiger partial charge in [-0.3, -0.25) is 4.98 Å². The summed E-state index contributed by atoms with van der Waals surface area (Å²) in [6, 6.07) is 7.64. The maximum Gasteiger partial charge on any atom is 0.126 e. The summed E-state index contributed by atoms with van der Waals surface area (Å²) in [5.41, 5.74) is 2.20. The molecule has 1 N–H and O–H groups in total. The summed E-state index contributed by atoms with van der Waals surface area (Å²) in [6.45, 7) is 2.71. The Kier molecular flexibility index (Phi) is 3.37. The molecule has 0 fully saturated rings. The summed E-state index contributed by atoms with van der Waals surface area (Å²) >= 11 is 5.75. The largest absolute Gasteiger partial charge is 0.366 e. The molecule has 0 saturated carbocycles. The zero-order valence-electron chi connectivity index (χ0n) is 8.94. The van der Waals surface area contributed by atoms with E-state index in [1.54, 1.807) is 12.4 Å². The van der Waals surface area contributed by atoms with Crippen LogP contribution in [-0.4, -0.2) is 9.97 Å². The lowest BCUT2D eigenvalue weighted by molar-refractivity contribution is 1.04. The van der Waals surface area contributed by atoms with Crippen molar-refractivity contribution in [2.24, 2.45) is 0 Å². The van der Waals surface area contributed by atoms with Crippen LogP contribution in [0, 0.1) is 6.92 Å². The number of nitrogens with one attached hydrogen (secondary N) is 1. The summed E-state index contributed by atoms with van der Waals surface area (Å²) in [6.07, 6.45) is 3.42. The minimum Gasteiger partial charge on any atom is -0.366 e. The van der Waals surface area contributed by atoms with Gasteiger partial charge in [0.15, 0.2) is 0 Å². The molecule has 0 aliphatic heterocycles. The first-order valence-electron chi connectivity index (χ1n) is 5.01. The van der Waals surface area contributed by atoms with Gasteiger partial charge >= 0.3 is 0 Å². The van der Waals surface area contributed by atoms with E-state index in [9.17, 15) is 0 Å². The van der Waals surface area contributed by atoms with Gasteiger partial charge in [0.05, 0.1) is 5.02 Å². The zero-order chi connectivity index (χ0) is 11.4. The van der Waals surface area contributed by atoms with E-state index in [2.05, 4.69) is 15.3 Å². The van der Waals surface area contributed by atoms with E-state index in [0.29, 0.717) is 11.6 Å². The Bertz CT molecular complexity index is 468. The molecule has 0 aromatic carbocycles. The molecule has 0 atom stereocenters. The van der Waals surface area contributed by atoms with Crippen LogP contribution in [0.4, 0.5) is 5.82 Å². The highest BCUT2D eigenvalue weighted by molar-refractivity contribution is 6.30. The number of rotatable bonds is 3. The molecule has 0 unspecified atom stereocenters. The molecule has 3 nitrogen and oxygen atoms in total. The number of nitrogens with zero attached hydrogens (tertiary/aromatic N) is 2. The second-order valence-electron chi connectivity index (χ2n) is 3.46. The van der Waals surface area contributed by atoms with Crippen molar-refractivity contribution in [1.82, 2.24) is 9.97 Å². The topological polar surface area (TPSA) is 37.8 Å². The first kappa shape index (κ1) is 10.9. The van der Waals surface area contributed by atoms with E-state index in [1.807, 2.05) is 31.2 Å². The number of hydrogen-bond acceptors (Lipinski definition) is 3. The van der Waals surface area contributed by atoms with Crippen LogP contribution in [0.3, 0.4) is 0 Å². The molecule has 16 heavy (non-hydrogen) atoms. The Morgan fingerprint density at radius 2 is 2.12 bits per heavy atom. The third kappa shape index (κ3) is 2.70. The van der Waals surface area contributed by atoms with Crippen LogP contribution in [0.5, 0.6) is 0 Å². The molecule has 4 heteroatoms. The van der Waals surface area contributed by atoms with Crippen LogP contribution in [-0.2, 0) is 6.54 Å². The van der Waals surface area contributed by atoms with Gasteiger partial charge in [0.2, 0.25) is 0 Å². The summed E-state index contributed by atoms with van der Waals surface area (Å²) in [5.74, 6) is 0.813. The zero-order valence-corrected chi connectivity index (χ0v) is 9.70. The Morgan fingerprint density at radius 3 is 2.81 bits per heavy atom. The van der Waals surface area contributed by atoms with Crippen molar-refractivity contribution in [3.63, 3.8) is 0 Å². The van der Waals surface area contributed by atoms with Crippen molar-refractivity contribution in [3.05, 3.63) is 52.9 Å². The average Bonchev–Trinajstić information content (AvgIpc) is 2.30. The number of aromatic nitrogens is 2. The van der Waals surface area contributed by atoms with E-state index >= 15 is 0 Å². The molecule has 0 radical (unpaired) electrons. The highest BCUT2D eigenvalue weighted by Crippen LogP contribution is 2.11. The van der Waals surface area contributed by atoms with Crippen molar-refractivity contribution in [2.75, 3.05) is 5.32 Å². The SMILES string of the molecule is Cc1ncccc1CNc1ccc(Cl)cn1. The van der Waals surface area contributed by atoms with Gasteiger partial charge in [-0.15, -0.1) is 0 Å². The molecule has 0 amide bonds. The maximum atomic E-state index is 5.75. The second kappa shape index (κ2) is 4.94.